The number of ether oxygens (including phenoxy) is 2. The quantitative estimate of drug-likeness (QED) is 0.102. The first kappa shape index (κ1) is 134. The van der Waals surface area contributed by atoms with E-state index >= 15 is 0 Å². The number of rotatable bonds is 7. The fourth-order valence-electron chi connectivity index (χ4n) is 19.2. The molecular weight excluding hydrogens is 1900 g/mol. The Kier molecular flexibility index (Phi) is 61.8. The Labute approximate surface area is 915 Å². The molecule has 4 atom stereocenters. The van der Waals surface area contributed by atoms with Gasteiger partial charge in [-0.15, -0.1) is 0 Å². The number of carbonyl (C=O) groups is 2. The minimum atomic E-state index is -0.397. The maximum absolute atomic E-state index is 12.2. The van der Waals surface area contributed by atoms with Gasteiger partial charge in [0.2, 0.25) is 0 Å². The van der Waals surface area contributed by atoms with Crippen LogP contribution in [-0.4, -0.2) is 97.6 Å². The molecule has 10 aromatic rings. The van der Waals surface area contributed by atoms with Crippen LogP contribution in [0, 0.1) is 83.4 Å². The number of H-pyrrole nitrogens is 3. The van der Waals surface area contributed by atoms with Crippen molar-refractivity contribution in [2.24, 2.45) is 55.7 Å². The molecule has 19 rings (SSSR count). The average molecular weight is 2100 g/mol. The third-order valence-corrected chi connectivity index (χ3v) is 25.8. The van der Waals surface area contributed by atoms with Crippen molar-refractivity contribution in [1.29, 1.82) is 0 Å². The second kappa shape index (κ2) is 67.3. The van der Waals surface area contributed by atoms with Crippen LogP contribution in [0.4, 0.5) is 9.59 Å². The van der Waals surface area contributed by atoms with Crippen molar-refractivity contribution in [3.05, 3.63) is 208 Å². The molecule has 5 aromatic heterocycles. The van der Waals surface area contributed by atoms with E-state index in [-0.39, 0.29) is 72.0 Å². The number of hydrogen-bond donors (Lipinski definition) is 3. The van der Waals surface area contributed by atoms with E-state index in [4.69, 9.17) is 39.4 Å². The molecule has 8 bridgehead atoms. The number of likely N-dealkylation sites (tertiary alicyclic amines) is 2. The molecule has 2 amide bonds. The first-order valence-electron chi connectivity index (χ1n) is 55.0. The number of benzene rings is 5. The number of hydrogen-bond acceptors (Lipinski definition) is 11. The molecule has 9 aliphatic rings. The van der Waals surface area contributed by atoms with E-state index in [1.165, 1.54) is 154 Å². The molecule has 814 valence electrons. The molecule has 146 heavy (non-hydrogen) atoms. The summed E-state index contributed by atoms with van der Waals surface area (Å²) in [6, 6.07) is 50.7. The summed E-state index contributed by atoms with van der Waals surface area (Å²) in [4.78, 5) is 67.7. The molecule has 5 aliphatic carbocycles. The summed E-state index contributed by atoms with van der Waals surface area (Å²) < 4.78 is 10.9. The predicted octanol–water partition coefficient (Wildman–Crippen LogP) is 39.5. The van der Waals surface area contributed by atoms with Gasteiger partial charge in [0.25, 0.3) is 0 Å². The van der Waals surface area contributed by atoms with Gasteiger partial charge in [0.05, 0.1) is 0 Å². The summed E-state index contributed by atoms with van der Waals surface area (Å²) in [5, 5.41) is 7.90. The molecule has 9 heterocycles. The zero-order chi connectivity index (χ0) is 105. The van der Waals surface area contributed by atoms with E-state index in [9.17, 15) is 9.59 Å². The van der Waals surface area contributed by atoms with Crippen LogP contribution in [0.2, 0.25) is 0 Å². The zero-order valence-corrected chi connectivity index (χ0v) is 100. The maximum atomic E-state index is 12.2. The molecule has 5 aromatic carbocycles. The summed E-state index contributed by atoms with van der Waals surface area (Å²) in [7, 11) is 0. The number of carbonyl (C=O) groups excluding carboxylic acids is 2. The Morgan fingerprint density at radius 1 is 0.377 bits per heavy atom. The fourth-order valence-corrected chi connectivity index (χ4v) is 19.6. The molecule has 0 radical (unpaired) electrons. The van der Waals surface area contributed by atoms with Gasteiger partial charge >= 0.3 is 46.3 Å². The van der Waals surface area contributed by atoms with Crippen LogP contribution in [0.25, 0.3) is 89.7 Å². The summed E-state index contributed by atoms with van der Waals surface area (Å²) in [5.74, 6) is 5.26. The third-order valence-electron chi connectivity index (χ3n) is 25.2. The van der Waals surface area contributed by atoms with Gasteiger partial charge in [0.15, 0.2) is 23.3 Å². The molecule has 5 saturated carbocycles. The number of nitrogens with one attached hydrogen (secondary N) is 3. The van der Waals surface area contributed by atoms with Gasteiger partial charge in [0, 0.05) is 81.4 Å². The molecule has 4 aliphatic heterocycles. The zero-order valence-electron chi connectivity index (χ0n) is 97.4. The van der Waals surface area contributed by atoms with Crippen molar-refractivity contribution >= 4 is 67.7 Å². The molecule has 0 spiro atoms. The van der Waals surface area contributed by atoms with Gasteiger partial charge in [0.1, 0.15) is 34.8 Å². The minimum Gasteiger partial charge on any atom is -0.445 e. The van der Waals surface area contributed by atoms with Crippen molar-refractivity contribution in [3.63, 3.8) is 0 Å². The summed E-state index contributed by atoms with van der Waals surface area (Å²) in [5.41, 5.74) is 10.3. The predicted molar refractivity (Wildman–Crippen MR) is 626 cm³/mol. The van der Waals surface area contributed by atoms with Gasteiger partial charge in [-0.25, -0.2) is 39.5 Å². The molecule has 3 N–H and O–H groups in total. The molecular formula is C128H201Fe2N11O4S. The third kappa shape index (κ3) is 52.6. The first-order valence-corrected chi connectivity index (χ1v) is 56.0. The van der Waals surface area contributed by atoms with E-state index in [0.717, 1.165) is 119 Å². The van der Waals surface area contributed by atoms with Gasteiger partial charge in [-0.1, -0.05) is 460 Å². The van der Waals surface area contributed by atoms with Crippen molar-refractivity contribution in [3.8, 4) is 45.6 Å². The van der Waals surface area contributed by atoms with Crippen molar-refractivity contribution in [1.82, 2.24) is 54.7 Å². The van der Waals surface area contributed by atoms with E-state index in [0.29, 0.717) is 91.7 Å². The summed E-state index contributed by atoms with van der Waals surface area (Å²) >= 11 is 1.71. The number of amides is 2. The summed E-state index contributed by atoms with van der Waals surface area (Å²) in [6.07, 6.45) is 49.8. The Balaban J connectivity index is 0.000000584. The van der Waals surface area contributed by atoms with E-state index in [1.54, 1.807) is 11.3 Å². The molecule has 15 nitrogen and oxygen atoms in total. The molecule has 18 heteroatoms. The number of aromatic nitrogens is 9. The molecule has 7 fully saturated rings. The Morgan fingerprint density at radius 2 is 0.719 bits per heavy atom. The van der Waals surface area contributed by atoms with Gasteiger partial charge in [-0.2, -0.15) is 36.0 Å². The Hall–Kier alpha value is -7.98. The number of aromatic amines is 3. The van der Waals surface area contributed by atoms with Gasteiger partial charge < -0.3 is 61.9 Å². The van der Waals surface area contributed by atoms with Gasteiger partial charge in [-0.3, -0.25) is 0 Å². The smallest absolute Gasteiger partial charge is 0.445 e. The van der Waals surface area contributed by atoms with Crippen LogP contribution in [-0.2, 0) is 50.2 Å². The SMILES string of the molecule is C1CCCC1.C1CCCC1.CC.CC.CC(C)(C)C.CC(C)(C)C1[CH-]CCC1.CC(C)(C)CC1CCCC1.CC(C)(C)CC1[CH-]CCC1.CC(C)(C)C[C@@H]1CCCN1C(=O)OC(C)(C)C.CC(C)(C)C[C@@H]1CCCN1C(=O)OCc1ccccc1.CCCC(C)(C)C.[CH3-].[CH3-].[Fe+2].[Fe+2].c1cc[nH]c1.c1ccc2c(c1)-c1nc-2nc2[nH]c(nc3nc(nc4[nH]c(n1)c1ccccc41)-c1ccccc1-3)c1ccccc21.c1ccsc1. The monoisotopic (exact) mass is 2100 g/mol. The first-order chi connectivity index (χ1) is 67.2. The van der Waals surface area contributed by atoms with Crippen LogP contribution in [0.3, 0.4) is 0 Å². The number of nitrogens with zero attached hydrogens (tertiary/aromatic N) is 8. The van der Waals surface area contributed by atoms with Crippen LogP contribution in [0.1, 0.15) is 406 Å². The topological polar surface area (TPSA) is 184 Å². The van der Waals surface area contributed by atoms with Crippen molar-refractivity contribution in [2.75, 3.05) is 13.1 Å². The van der Waals surface area contributed by atoms with Crippen molar-refractivity contribution < 1.29 is 53.2 Å². The minimum absolute atomic E-state index is 0. The standard InChI is InChI=1S/C32H18N8.C17H25NO2.C14H27NO2.C10H20.C10H19.C9H17.C7H16.2C5H10.C5H12.C4H5N.C4H4S.2C2H6.2CH3.2Fe/c1-2-10-18-17(9-1)25-33-26(18)38-28-21-13-5-6-14-22(21)30(35-28)40-32-24-16-8-7-15-23(24)31(36-32)39-29-20-12-4-3-11-19(20)27(34-29)37-25;1-17(2,3)12-15-10-7-11-18(15)16(19)20-13-14-8-5-4-6-9-14;1-13(2,3)10-11-8-7-9-15(11)12(16)17-14(4,5)6;2*1-10(2,3)8-9-6-4-5-7-9;1-9(2,3)8-6-4-5-7-8;1-5-6-7(2,3)4;2*1-2-4-5-3-1;1-5(2,3)4;2*1-2-4-5-3-1;2*1-2;;;;/h1-16H,(H2,33,34,35,36,37,38,39,40);4-6,8-9,15H,7,10-13H2,1-3H3;11H,7-10H2,1-6H3;9H,4-8H2,1-3H3;6,9H,4-5,7-8H2,1-3H3;6,8H,4-5,7H2,1-3H3;5-6H2,1-4H3;2*1-5H2;1-4H3;1-5H;1-4H;2*1-2H3;2*1H3;;/q;;;;2*-1;;;;;;;;;2*-1;2*+2/t;15-;11-;;;;;;;;;;;;;;;/m.00.............../s1. The average Bonchev–Trinajstić information content (AvgIpc) is 1.60. The number of fused-ring (bicyclic) bond motifs is 20. The summed E-state index contributed by atoms with van der Waals surface area (Å²) in [6.45, 7) is 68.0. The van der Waals surface area contributed by atoms with Crippen molar-refractivity contribution in [2.45, 2.75) is 425 Å². The van der Waals surface area contributed by atoms with E-state index in [1.807, 2.05) is 233 Å². The Bertz CT molecular complexity index is 4850. The van der Waals surface area contributed by atoms with Gasteiger partial charge in [-0.05, 0) is 139 Å². The molecule has 2 unspecified atom stereocenters. The van der Waals surface area contributed by atoms with Crippen LogP contribution < -0.4 is 0 Å². The number of thiophene rings is 1. The largest absolute Gasteiger partial charge is 2.00 e. The second-order valence-electron chi connectivity index (χ2n) is 49.1. The van der Waals surface area contributed by atoms with Crippen LogP contribution >= 0.6 is 11.3 Å². The van der Waals surface area contributed by atoms with Crippen LogP contribution in [0.5, 0.6) is 0 Å². The second-order valence-corrected chi connectivity index (χ2v) is 49.9. The fraction of sp³-hybridized carbons (Fsp3) is 0.594. The normalized spacial score (nSPS) is 16.9. The van der Waals surface area contributed by atoms with E-state index < -0.39 is 5.60 Å². The molecule has 2 saturated heterocycles. The van der Waals surface area contributed by atoms with Crippen LogP contribution in [0.15, 0.2) is 175 Å². The van der Waals surface area contributed by atoms with E-state index in [2.05, 4.69) is 187 Å². The Morgan fingerprint density at radius 3 is 0.993 bits per heavy atom. The maximum Gasteiger partial charge on any atom is 2.00 e.